The van der Waals surface area contributed by atoms with Crippen LogP contribution in [-0.4, -0.2) is 19.1 Å². The second-order valence-electron chi connectivity index (χ2n) is 4.49. The molecule has 1 aromatic rings. The van der Waals surface area contributed by atoms with Gasteiger partial charge in [-0.15, -0.1) is 0 Å². The zero-order valence-corrected chi connectivity index (χ0v) is 11.1. The first kappa shape index (κ1) is 14.4. The summed E-state index contributed by atoms with van der Waals surface area (Å²) < 4.78 is 13.5. The second-order valence-corrected chi connectivity index (χ2v) is 4.90. The maximum atomic E-state index is 13.5. The zero-order chi connectivity index (χ0) is 12.8. The van der Waals surface area contributed by atoms with E-state index in [2.05, 4.69) is 19.2 Å². The molecule has 4 heteroatoms. The highest BCUT2D eigenvalue weighted by Crippen LogP contribution is 2.19. The van der Waals surface area contributed by atoms with Gasteiger partial charge in [0.25, 0.3) is 0 Å². The van der Waals surface area contributed by atoms with Crippen LogP contribution >= 0.6 is 11.6 Å². The van der Waals surface area contributed by atoms with Gasteiger partial charge in [0.15, 0.2) is 0 Å². The Hall–Kier alpha value is -0.640. The van der Waals surface area contributed by atoms with Crippen molar-refractivity contribution in [3.8, 4) is 0 Å². The van der Waals surface area contributed by atoms with E-state index in [0.717, 1.165) is 0 Å². The number of nitrogens with two attached hydrogens (primary N) is 1. The number of hydrogen-bond acceptors (Lipinski definition) is 2. The molecule has 1 atom stereocenters. The van der Waals surface area contributed by atoms with Crippen LogP contribution < -0.4 is 11.1 Å². The fourth-order valence-corrected chi connectivity index (χ4v) is 2.00. The Balaban J connectivity index is 2.51. The average molecular weight is 259 g/mol. The molecule has 0 fully saturated rings. The van der Waals surface area contributed by atoms with Crippen LogP contribution in [0.25, 0.3) is 0 Å². The molecule has 0 heterocycles. The molecule has 0 bridgehead atoms. The van der Waals surface area contributed by atoms with Gasteiger partial charge in [0.1, 0.15) is 5.82 Å². The Bertz CT molecular complexity index is 335. The van der Waals surface area contributed by atoms with Crippen molar-refractivity contribution in [3.05, 3.63) is 34.6 Å². The fraction of sp³-hybridized carbons (Fsp3) is 0.538. The van der Waals surface area contributed by atoms with Crippen molar-refractivity contribution >= 4 is 11.6 Å². The van der Waals surface area contributed by atoms with E-state index in [-0.39, 0.29) is 11.9 Å². The molecule has 0 spiro atoms. The maximum absolute atomic E-state index is 13.5. The summed E-state index contributed by atoms with van der Waals surface area (Å²) >= 11 is 5.95. The van der Waals surface area contributed by atoms with Crippen molar-refractivity contribution in [3.63, 3.8) is 0 Å². The van der Waals surface area contributed by atoms with Crippen molar-refractivity contribution in [1.29, 1.82) is 0 Å². The van der Waals surface area contributed by atoms with Crippen LogP contribution in [0.1, 0.15) is 19.4 Å². The molecule has 0 aliphatic heterocycles. The van der Waals surface area contributed by atoms with E-state index >= 15 is 0 Å². The van der Waals surface area contributed by atoms with Crippen LogP contribution in [0.3, 0.4) is 0 Å². The SMILES string of the molecule is CC(C)C(CN)NCCc1c(F)cccc1Cl. The molecule has 0 aromatic heterocycles. The lowest BCUT2D eigenvalue weighted by molar-refractivity contribution is 0.407. The molecule has 96 valence electrons. The van der Waals surface area contributed by atoms with Gasteiger partial charge in [-0.1, -0.05) is 31.5 Å². The molecular formula is C13H20ClFN2. The second kappa shape index (κ2) is 6.94. The lowest BCUT2D eigenvalue weighted by atomic mass is 10.0. The first-order valence-corrected chi connectivity index (χ1v) is 6.30. The van der Waals surface area contributed by atoms with E-state index < -0.39 is 0 Å². The van der Waals surface area contributed by atoms with Crippen molar-refractivity contribution < 1.29 is 4.39 Å². The van der Waals surface area contributed by atoms with E-state index in [0.29, 0.717) is 36.0 Å². The zero-order valence-electron chi connectivity index (χ0n) is 10.3. The summed E-state index contributed by atoms with van der Waals surface area (Å²) in [4.78, 5) is 0. The first-order chi connectivity index (χ1) is 8.06. The predicted molar refractivity (Wildman–Crippen MR) is 70.8 cm³/mol. The molecule has 0 saturated carbocycles. The minimum atomic E-state index is -0.242. The normalized spacial score (nSPS) is 13.1. The standard InChI is InChI=1S/C13H20ClFN2/c1-9(2)13(8-16)17-7-6-10-11(14)4-3-5-12(10)15/h3-5,9,13,17H,6-8,16H2,1-2H3. The summed E-state index contributed by atoms with van der Waals surface area (Å²) in [5, 5.41) is 3.81. The number of rotatable bonds is 6. The molecule has 0 amide bonds. The number of halogens is 2. The van der Waals surface area contributed by atoms with Crippen LogP contribution in [0.4, 0.5) is 4.39 Å². The number of hydrogen-bond donors (Lipinski definition) is 2. The summed E-state index contributed by atoms with van der Waals surface area (Å²) in [5.74, 6) is 0.226. The largest absolute Gasteiger partial charge is 0.329 e. The van der Waals surface area contributed by atoms with Crippen molar-refractivity contribution in [2.75, 3.05) is 13.1 Å². The number of nitrogens with one attached hydrogen (secondary N) is 1. The fourth-order valence-electron chi connectivity index (χ4n) is 1.74. The third-order valence-corrected chi connectivity index (χ3v) is 3.26. The first-order valence-electron chi connectivity index (χ1n) is 5.92. The van der Waals surface area contributed by atoms with Gasteiger partial charge in [0, 0.05) is 23.2 Å². The smallest absolute Gasteiger partial charge is 0.127 e. The Kier molecular flexibility index (Phi) is 5.89. The molecular weight excluding hydrogens is 239 g/mol. The van der Waals surface area contributed by atoms with E-state index in [9.17, 15) is 4.39 Å². The van der Waals surface area contributed by atoms with Crippen LogP contribution in [0.15, 0.2) is 18.2 Å². The van der Waals surface area contributed by atoms with Gasteiger partial charge in [0.05, 0.1) is 0 Å². The minimum absolute atomic E-state index is 0.242. The Morgan fingerprint density at radius 3 is 2.65 bits per heavy atom. The van der Waals surface area contributed by atoms with Crippen LogP contribution in [0.5, 0.6) is 0 Å². The van der Waals surface area contributed by atoms with Gasteiger partial charge >= 0.3 is 0 Å². The van der Waals surface area contributed by atoms with Crippen molar-refractivity contribution in [2.45, 2.75) is 26.3 Å². The van der Waals surface area contributed by atoms with Gasteiger partial charge in [-0.2, -0.15) is 0 Å². The molecule has 0 aliphatic carbocycles. The highest BCUT2D eigenvalue weighted by molar-refractivity contribution is 6.31. The quantitative estimate of drug-likeness (QED) is 0.823. The lowest BCUT2D eigenvalue weighted by Crippen LogP contribution is -2.41. The number of benzene rings is 1. The Morgan fingerprint density at radius 1 is 1.41 bits per heavy atom. The van der Waals surface area contributed by atoms with Gasteiger partial charge in [-0.3, -0.25) is 0 Å². The molecule has 3 N–H and O–H groups in total. The lowest BCUT2D eigenvalue weighted by Gasteiger charge is -2.20. The predicted octanol–water partition coefficient (Wildman–Crippen LogP) is 2.59. The average Bonchev–Trinajstić information content (AvgIpc) is 2.27. The monoisotopic (exact) mass is 258 g/mol. The molecule has 0 aliphatic rings. The molecule has 2 nitrogen and oxygen atoms in total. The summed E-state index contributed by atoms with van der Waals surface area (Å²) in [6.07, 6.45) is 0.578. The van der Waals surface area contributed by atoms with Gasteiger partial charge in [-0.25, -0.2) is 4.39 Å². The van der Waals surface area contributed by atoms with Gasteiger partial charge < -0.3 is 11.1 Å². The van der Waals surface area contributed by atoms with Crippen LogP contribution in [-0.2, 0) is 6.42 Å². The van der Waals surface area contributed by atoms with Crippen LogP contribution in [0.2, 0.25) is 5.02 Å². The third-order valence-electron chi connectivity index (χ3n) is 2.90. The van der Waals surface area contributed by atoms with Gasteiger partial charge in [-0.05, 0) is 31.0 Å². The third kappa shape index (κ3) is 4.26. The molecule has 1 aromatic carbocycles. The Labute approximate surface area is 107 Å². The van der Waals surface area contributed by atoms with E-state index in [1.807, 2.05) is 0 Å². The maximum Gasteiger partial charge on any atom is 0.127 e. The van der Waals surface area contributed by atoms with Crippen LogP contribution in [0, 0.1) is 11.7 Å². The highest BCUT2D eigenvalue weighted by atomic mass is 35.5. The van der Waals surface area contributed by atoms with Gasteiger partial charge in [0.2, 0.25) is 0 Å². The van der Waals surface area contributed by atoms with Crippen molar-refractivity contribution in [2.24, 2.45) is 11.7 Å². The summed E-state index contributed by atoms with van der Waals surface area (Å²) in [6.45, 7) is 5.49. The summed E-state index contributed by atoms with van der Waals surface area (Å²) in [6, 6.07) is 5.03. The van der Waals surface area contributed by atoms with E-state index in [4.69, 9.17) is 17.3 Å². The van der Waals surface area contributed by atoms with E-state index in [1.54, 1.807) is 12.1 Å². The molecule has 17 heavy (non-hydrogen) atoms. The highest BCUT2D eigenvalue weighted by Gasteiger charge is 2.11. The van der Waals surface area contributed by atoms with E-state index in [1.165, 1.54) is 6.07 Å². The Morgan fingerprint density at radius 2 is 2.12 bits per heavy atom. The van der Waals surface area contributed by atoms with Crippen molar-refractivity contribution in [1.82, 2.24) is 5.32 Å². The molecule has 0 radical (unpaired) electrons. The minimum Gasteiger partial charge on any atom is -0.329 e. The molecule has 1 rings (SSSR count). The molecule has 1 unspecified atom stereocenters. The summed E-state index contributed by atoms with van der Waals surface area (Å²) in [7, 11) is 0. The summed E-state index contributed by atoms with van der Waals surface area (Å²) in [5.41, 5.74) is 6.22. The topological polar surface area (TPSA) is 38.0 Å². The molecule has 0 saturated heterocycles.